The summed E-state index contributed by atoms with van der Waals surface area (Å²) in [5.41, 5.74) is 0. The zero-order valence-electron chi connectivity index (χ0n) is 8.99. The lowest BCUT2D eigenvalue weighted by Gasteiger charge is -2.04. The summed E-state index contributed by atoms with van der Waals surface area (Å²) in [7, 11) is -3.10. The standard InChI is InChI=1S/C9H15ClN2O3S/c1-2-16(13,14)12-6-5-11-7-8-3-4-9(10)15-8/h3-4,11-12H,2,5-7H2,1H3. The molecule has 92 valence electrons. The minimum Gasteiger partial charge on any atom is -0.448 e. The van der Waals surface area contributed by atoms with Crippen LogP contribution in [0.1, 0.15) is 12.7 Å². The number of furan rings is 1. The van der Waals surface area contributed by atoms with Gasteiger partial charge in [-0.2, -0.15) is 0 Å². The molecule has 0 saturated heterocycles. The van der Waals surface area contributed by atoms with E-state index in [0.29, 0.717) is 24.9 Å². The molecule has 16 heavy (non-hydrogen) atoms. The third kappa shape index (κ3) is 4.98. The quantitative estimate of drug-likeness (QED) is 0.721. The number of nitrogens with one attached hydrogen (secondary N) is 2. The third-order valence-corrected chi connectivity index (χ3v) is 3.54. The molecule has 0 aromatic carbocycles. The number of hydrogen-bond donors (Lipinski definition) is 2. The highest BCUT2D eigenvalue weighted by Gasteiger charge is 2.04. The summed E-state index contributed by atoms with van der Waals surface area (Å²) in [6, 6.07) is 3.43. The van der Waals surface area contributed by atoms with Crippen LogP contribution in [0.25, 0.3) is 0 Å². The molecule has 7 heteroatoms. The molecule has 0 radical (unpaired) electrons. The molecule has 0 aliphatic carbocycles. The predicted molar refractivity (Wildman–Crippen MR) is 62.9 cm³/mol. The van der Waals surface area contributed by atoms with Crippen LogP contribution in [-0.2, 0) is 16.6 Å². The van der Waals surface area contributed by atoms with Gasteiger partial charge in [0.2, 0.25) is 10.0 Å². The van der Waals surface area contributed by atoms with Gasteiger partial charge in [-0.25, -0.2) is 13.1 Å². The highest BCUT2D eigenvalue weighted by atomic mass is 35.5. The van der Waals surface area contributed by atoms with Crippen molar-refractivity contribution in [3.63, 3.8) is 0 Å². The Balaban J connectivity index is 2.13. The summed E-state index contributed by atoms with van der Waals surface area (Å²) < 4.78 is 29.7. The van der Waals surface area contributed by atoms with Gasteiger partial charge in [0.25, 0.3) is 0 Å². The van der Waals surface area contributed by atoms with Crippen molar-refractivity contribution in [3.8, 4) is 0 Å². The smallest absolute Gasteiger partial charge is 0.211 e. The van der Waals surface area contributed by atoms with Gasteiger partial charge in [0.05, 0.1) is 12.3 Å². The second kappa shape index (κ2) is 6.24. The van der Waals surface area contributed by atoms with E-state index < -0.39 is 10.0 Å². The maximum atomic E-state index is 11.1. The lowest BCUT2D eigenvalue weighted by molar-refractivity contribution is 0.485. The summed E-state index contributed by atoms with van der Waals surface area (Å²) in [6.45, 7) is 3.03. The molecule has 1 rings (SSSR count). The zero-order chi connectivity index (χ0) is 12.0. The maximum absolute atomic E-state index is 11.1. The van der Waals surface area contributed by atoms with E-state index in [2.05, 4.69) is 10.0 Å². The van der Waals surface area contributed by atoms with Gasteiger partial charge in [-0.3, -0.25) is 0 Å². The Morgan fingerprint density at radius 1 is 1.38 bits per heavy atom. The van der Waals surface area contributed by atoms with E-state index in [1.54, 1.807) is 19.1 Å². The summed E-state index contributed by atoms with van der Waals surface area (Å²) in [4.78, 5) is 0. The summed E-state index contributed by atoms with van der Waals surface area (Å²) in [6.07, 6.45) is 0. The summed E-state index contributed by atoms with van der Waals surface area (Å²) >= 11 is 5.59. The summed E-state index contributed by atoms with van der Waals surface area (Å²) in [5.74, 6) is 0.823. The topological polar surface area (TPSA) is 71.3 Å². The molecule has 0 saturated carbocycles. The van der Waals surface area contributed by atoms with Crippen molar-refractivity contribution in [2.75, 3.05) is 18.8 Å². The van der Waals surface area contributed by atoms with Crippen LogP contribution in [0.5, 0.6) is 0 Å². The molecule has 2 N–H and O–H groups in total. The maximum Gasteiger partial charge on any atom is 0.211 e. The first-order valence-corrected chi connectivity index (χ1v) is 6.99. The average molecular weight is 267 g/mol. The molecule has 1 heterocycles. The van der Waals surface area contributed by atoms with Gasteiger partial charge in [0, 0.05) is 13.1 Å². The Bertz CT molecular complexity index is 416. The minimum absolute atomic E-state index is 0.0980. The van der Waals surface area contributed by atoms with Gasteiger partial charge < -0.3 is 9.73 Å². The van der Waals surface area contributed by atoms with Crippen molar-refractivity contribution in [1.29, 1.82) is 0 Å². The van der Waals surface area contributed by atoms with Crippen LogP contribution in [0, 0.1) is 0 Å². The highest BCUT2D eigenvalue weighted by Crippen LogP contribution is 2.12. The van der Waals surface area contributed by atoms with Crippen molar-refractivity contribution in [2.45, 2.75) is 13.5 Å². The molecule has 0 bridgehead atoms. The number of sulfonamides is 1. The van der Waals surface area contributed by atoms with Gasteiger partial charge in [-0.1, -0.05) is 0 Å². The zero-order valence-corrected chi connectivity index (χ0v) is 10.6. The van der Waals surface area contributed by atoms with Crippen LogP contribution in [-0.4, -0.2) is 27.3 Å². The molecule has 1 aromatic rings. The molecule has 0 atom stereocenters. The highest BCUT2D eigenvalue weighted by molar-refractivity contribution is 7.89. The van der Waals surface area contributed by atoms with Crippen molar-refractivity contribution in [1.82, 2.24) is 10.0 Å². The molecule has 5 nitrogen and oxygen atoms in total. The normalized spacial score (nSPS) is 11.9. The number of halogens is 1. The number of hydrogen-bond acceptors (Lipinski definition) is 4. The Labute approximate surface area is 100 Å². The molecule has 0 spiro atoms. The van der Waals surface area contributed by atoms with E-state index in [0.717, 1.165) is 5.76 Å². The summed E-state index contributed by atoms with van der Waals surface area (Å²) in [5, 5.41) is 3.38. The second-order valence-corrected chi connectivity index (χ2v) is 5.65. The molecule has 0 amide bonds. The average Bonchev–Trinajstić information content (AvgIpc) is 2.64. The Morgan fingerprint density at radius 3 is 2.69 bits per heavy atom. The lowest BCUT2D eigenvalue weighted by Crippen LogP contribution is -2.32. The van der Waals surface area contributed by atoms with Crippen molar-refractivity contribution >= 4 is 21.6 Å². The van der Waals surface area contributed by atoms with Crippen LogP contribution in [0.4, 0.5) is 0 Å². The van der Waals surface area contributed by atoms with E-state index >= 15 is 0 Å². The fourth-order valence-electron chi connectivity index (χ4n) is 1.06. The minimum atomic E-state index is -3.10. The second-order valence-electron chi connectivity index (χ2n) is 3.18. The third-order valence-electron chi connectivity index (χ3n) is 1.93. The SMILES string of the molecule is CCS(=O)(=O)NCCNCc1ccc(Cl)o1. The fourth-order valence-corrected chi connectivity index (χ4v) is 1.83. The van der Waals surface area contributed by atoms with E-state index in [1.807, 2.05) is 0 Å². The first-order valence-electron chi connectivity index (χ1n) is 4.96. The van der Waals surface area contributed by atoms with Crippen LogP contribution in [0.2, 0.25) is 5.22 Å². The van der Waals surface area contributed by atoms with Crippen LogP contribution in [0.15, 0.2) is 16.5 Å². The van der Waals surface area contributed by atoms with E-state index in [9.17, 15) is 8.42 Å². The first-order chi connectivity index (χ1) is 7.53. The largest absolute Gasteiger partial charge is 0.448 e. The fraction of sp³-hybridized carbons (Fsp3) is 0.556. The van der Waals surface area contributed by atoms with Gasteiger partial charge in [0.1, 0.15) is 5.76 Å². The molecular weight excluding hydrogens is 252 g/mol. The Kier molecular flexibility index (Phi) is 5.27. The van der Waals surface area contributed by atoms with Crippen molar-refractivity contribution < 1.29 is 12.8 Å². The molecular formula is C9H15ClN2O3S. The Hall–Kier alpha value is -0.560. The van der Waals surface area contributed by atoms with Gasteiger partial charge in [0.15, 0.2) is 5.22 Å². The van der Waals surface area contributed by atoms with Crippen LogP contribution < -0.4 is 10.0 Å². The van der Waals surface area contributed by atoms with Crippen molar-refractivity contribution in [2.24, 2.45) is 0 Å². The van der Waals surface area contributed by atoms with E-state index in [1.165, 1.54) is 0 Å². The first kappa shape index (κ1) is 13.5. The van der Waals surface area contributed by atoms with Gasteiger partial charge in [-0.15, -0.1) is 0 Å². The van der Waals surface area contributed by atoms with Gasteiger partial charge >= 0.3 is 0 Å². The monoisotopic (exact) mass is 266 g/mol. The number of rotatable bonds is 7. The van der Waals surface area contributed by atoms with Crippen molar-refractivity contribution in [3.05, 3.63) is 23.1 Å². The van der Waals surface area contributed by atoms with E-state index in [4.69, 9.17) is 16.0 Å². The Morgan fingerprint density at radius 2 is 2.12 bits per heavy atom. The van der Waals surface area contributed by atoms with Gasteiger partial charge in [-0.05, 0) is 30.7 Å². The van der Waals surface area contributed by atoms with Crippen LogP contribution in [0.3, 0.4) is 0 Å². The molecule has 0 aliphatic heterocycles. The molecule has 1 aromatic heterocycles. The molecule has 0 fully saturated rings. The van der Waals surface area contributed by atoms with E-state index in [-0.39, 0.29) is 5.75 Å². The molecule has 0 aliphatic rings. The van der Waals surface area contributed by atoms with Crippen LogP contribution >= 0.6 is 11.6 Å². The predicted octanol–water partition coefficient (Wildman–Crippen LogP) is 0.962. The lowest BCUT2D eigenvalue weighted by atomic mass is 10.4. The molecule has 0 unspecified atom stereocenters.